The van der Waals surface area contributed by atoms with Crippen molar-refractivity contribution in [3.8, 4) is 0 Å². The highest BCUT2D eigenvalue weighted by molar-refractivity contribution is 6.30. The molecule has 1 unspecified atom stereocenters. The lowest BCUT2D eigenvalue weighted by molar-refractivity contribution is 0.475. The molecule has 2 N–H and O–H groups in total. The molecule has 2 aromatic rings. The van der Waals surface area contributed by atoms with Crippen LogP contribution in [0.5, 0.6) is 0 Å². The maximum Gasteiger partial charge on any atom is 0.127 e. The second-order valence-electron chi connectivity index (χ2n) is 5.63. The lowest BCUT2D eigenvalue weighted by atomic mass is 9.85. The van der Waals surface area contributed by atoms with E-state index in [2.05, 4.69) is 19.9 Å². The maximum absolute atomic E-state index is 13.9. The summed E-state index contributed by atoms with van der Waals surface area (Å²) >= 11 is 5.77. The van der Waals surface area contributed by atoms with Gasteiger partial charge in [-0.1, -0.05) is 35.9 Å². The zero-order valence-electron chi connectivity index (χ0n) is 12.0. The molecule has 0 aliphatic carbocycles. The van der Waals surface area contributed by atoms with E-state index in [0.717, 1.165) is 5.56 Å². The minimum atomic E-state index is -0.618. The fourth-order valence-corrected chi connectivity index (χ4v) is 2.42. The fourth-order valence-electron chi connectivity index (χ4n) is 2.26. The molecule has 2 rings (SSSR count). The van der Waals surface area contributed by atoms with Crippen LogP contribution >= 0.6 is 11.6 Å². The summed E-state index contributed by atoms with van der Waals surface area (Å²) in [5, 5.41) is 0.399. The molecule has 0 bridgehead atoms. The summed E-state index contributed by atoms with van der Waals surface area (Å²) in [5.41, 5.74) is 9.78. The van der Waals surface area contributed by atoms with E-state index >= 15 is 0 Å². The Labute approximate surface area is 124 Å². The van der Waals surface area contributed by atoms with E-state index in [4.69, 9.17) is 17.3 Å². The van der Waals surface area contributed by atoms with Crippen LogP contribution in [0.25, 0.3) is 0 Å². The second-order valence-corrected chi connectivity index (χ2v) is 6.07. The van der Waals surface area contributed by atoms with Crippen molar-refractivity contribution in [2.24, 2.45) is 5.73 Å². The van der Waals surface area contributed by atoms with Crippen molar-refractivity contribution >= 4 is 11.6 Å². The van der Waals surface area contributed by atoms with E-state index in [1.807, 2.05) is 19.1 Å². The fraction of sp³-hybridized carbons (Fsp3) is 0.294. The first-order valence-electron chi connectivity index (χ1n) is 6.60. The molecule has 0 aliphatic heterocycles. The quantitative estimate of drug-likeness (QED) is 0.884. The number of aryl methyl sites for hydroxylation is 2. The third-order valence-electron chi connectivity index (χ3n) is 3.74. The number of benzene rings is 2. The van der Waals surface area contributed by atoms with Gasteiger partial charge in [0, 0.05) is 10.6 Å². The highest BCUT2D eigenvalue weighted by atomic mass is 35.5. The molecule has 1 atom stereocenters. The summed E-state index contributed by atoms with van der Waals surface area (Å²) in [7, 11) is 0. The lowest BCUT2D eigenvalue weighted by Gasteiger charge is -2.26. The first kappa shape index (κ1) is 15.0. The Morgan fingerprint density at radius 3 is 2.40 bits per heavy atom. The molecule has 0 fully saturated rings. The summed E-state index contributed by atoms with van der Waals surface area (Å²) in [6, 6.07) is 10.8. The Kier molecular flexibility index (Phi) is 4.17. The van der Waals surface area contributed by atoms with Crippen LogP contribution in [0.4, 0.5) is 4.39 Å². The molecule has 106 valence electrons. The molecule has 20 heavy (non-hydrogen) atoms. The van der Waals surface area contributed by atoms with Crippen molar-refractivity contribution in [3.63, 3.8) is 0 Å². The van der Waals surface area contributed by atoms with Crippen molar-refractivity contribution in [3.05, 3.63) is 69.5 Å². The molecule has 2 aromatic carbocycles. The van der Waals surface area contributed by atoms with Crippen molar-refractivity contribution in [2.75, 3.05) is 0 Å². The van der Waals surface area contributed by atoms with Crippen LogP contribution in [-0.4, -0.2) is 0 Å². The van der Waals surface area contributed by atoms with Gasteiger partial charge in [0.1, 0.15) is 5.82 Å². The molecule has 0 aromatic heterocycles. The van der Waals surface area contributed by atoms with Gasteiger partial charge in [0.25, 0.3) is 0 Å². The number of rotatable bonds is 3. The average Bonchev–Trinajstić information content (AvgIpc) is 2.36. The van der Waals surface area contributed by atoms with Crippen LogP contribution in [0.3, 0.4) is 0 Å². The largest absolute Gasteiger partial charge is 0.321 e. The normalized spacial score (nSPS) is 14.1. The van der Waals surface area contributed by atoms with Gasteiger partial charge in [-0.25, -0.2) is 4.39 Å². The van der Waals surface area contributed by atoms with E-state index in [9.17, 15) is 4.39 Å². The van der Waals surface area contributed by atoms with Gasteiger partial charge >= 0.3 is 0 Å². The molecule has 3 heteroatoms. The topological polar surface area (TPSA) is 26.0 Å². The van der Waals surface area contributed by atoms with E-state index in [0.29, 0.717) is 17.0 Å². The zero-order valence-corrected chi connectivity index (χ0v) is 12.8. The Morgan fingerprint density at radius 1 is 1.10 bits per heavy atom. The van der Waals surface area contributed by atoms with Crippen LogP contribution in [0, 0.1) is 19.7 Å². The molecule has 0 saturated heterocycles. The van der Waals surface area contributed by atoms with Gasteiger partial charge in [-0.05, 0) is 61.6 Å². The minimum absolute atomic E-state index is 0.307. The second kappa shape index (κ2) is 5.55. The SMILES string of the molecule is Cc1ccc(C(C)(N)Cc2ccc(Cl)cc2F)cc1C. The Bertz CT molecular complexity index is 635. The van der Waals surface area contributed by atoms with E-state index in [1.165, 1.54) is 17.2 Å². The Balaban J connectivity index is 2.32. The van der Waals surface area contributed by atoms with Crippen molar-refractivity contribution in [1.29, 1.82) is 0 Å². The smallest absolute Gasteiger partial charge is 0.127 e. The van der Waals surface area contributed by atoms with Gasteiger partial charge in [0.15, 0.2) is 0 Å². The molecule has 0 spiro atoms. The van der Waals surface area contributed by atoms with E-state index in [-0.39, 0.29) is 5.82 Å². The molecule has 0 radical (unpaired) electrons. The number of nitrogens with two attached hydrogens (primary N) is 1. The molecule has 0 amide bonds. The van der Waals surface area contributed by atoms with Gasteiger partial charge in [-0.3, -0.25) is 0 Å². The zero-order chi connectivity index (χ0) is 14.9. The van der Waals surface area contributed by atoms with Gasteiger partial charge in [0.05, 0.1) is 0 Å². The third-order valence-corrected chi connectivity index (χ3v) is 3.97. The van der Waals surface area contributed by atoms with Crippen LogP contribution in [-0.2, 0) is 12.0 Å². The van der Waals surface area contributed by atoms with Gasteiger partial charge in [-0.2, -0.15) is 0 Å². The maximum atomic E-state index is 13.9. The number of halogens is 2. The lowest BCUT2D eigenvalue weighted by Crippen LogP contribution is -2.35. The first-order chi connectivity index (χ1) is 9.29. The molecule has 1 nitrogen and oxygen atoms in total. The number of hydrogen-bond donors (Lipinski definition) is 1. The van der Waals surface area contributed by atoms with Crippen molar-refractivity contribution in [2.45, 2.75) is 32.7 Å². The van der Waals surface area contributed by atoms with Crippen LogP contribution < -0.4 is 5.73 Å². The highest BCUT2D eigenvalue weighted by Crippen LogP contribution is 2.26. The Morgan fingerprint density at radius 2 is 1.80 bits per heavy atom. The monoisotopic (exact) mass is 291 g/mol. The highest BCUT2D eigenvalue weighted by Gasteiger charge is 2.23. The summed E-state index contributed by atoms with van der Waals surface area (Å²) in [6.45, 7) is 6.04. The van der Waals surface area contributed by atoms with Crippen molar-refractivity contribution < 1.29 is 4.39 Å². The molecule has 0 aliphatic rings. The summed E-state index contributed by atoms with van der Waals surface area (Å²) in [4.78, 5) is 0. The van der Waals surface area contributed by atoms with E-state index in [1.54, 1.807) is 12.1 Å². The minimum Gasteiger partial charge on any atom is -0.321 e. The van der Waals surface area contributed by atoms with Crippen LogP contribution in [0.15, 0.2) is 36.4 Å². The standard InChI is InChI=1S/C17H19ClFN/c1-11-4-6-14(8-12(11)2)17(3,20)10-13-5-7-15(18)9-16(13)19/h4-9H,10,20H2,1-3H3. The summed E-state index contributed by atoms with van der Waals surface area (Å²) < 4.78 is 13.9. The average molecular weight is 292 g/mol. The summed E-state index contributed by atoms with van der Waals surface area (Å²) in [5.74, 6) is -0.307. The van der Waals surface area contributed by atoms with Crippen LogP contribution in [0.2, 0.25) is 5.02 Å². The Hall–Kier alpha value is -1.38. The predicted octanol–water partition coefficient (Wildman–Crippen LogP) is 4.51. The van der Waals surface area contributed by atoms with Crippen LogP contribution in [0.1, 0.15) is 29.2 Å². The third kappa shape index (κ3) is 3.20. The molecular formula is C17H19ClFN. The molecular weight excluding hydrogens is 273 g/mol. The van der Waals surface area contributed by atoms with Gasteiger partial charge in [-0.15, -0.1) is 0 Å². The number of hydrogen-bond acceptors (Lipinski definition) is 1. The summed E-state index contributed by atoms with van der Waals surface area (Å²) in [6.07, 6.45) is 0.429. The van der Waals surface area contributed by atoms with E-state index < -0.39 is 5.54 Å². The first-order valence-corrected chi connectivity index (χ1v) is 6.98. The van der Waals surface area contributed by atoms with Crippen molar-refractivity contribution in [1.82, 2.24) is 0 Å². The molecule has 0 saturated carbocycles. The molecule has 0 heterocycles. The van der Waals surface area contributed by atoms with Gasteiger partial charge in [0.2, 0.25) is 0 Å². The van der Waals surface area contributed by atoms with Gasteiger partial charge < -0.3 is 5.73 Å². The predicted molar refractivity (Wildman–Crippen MR) is 82.6 cm³/mol.